The third kappa shape index (κ3) is 6.02. The maximum absolute atomic E-state index is 14.2. The molecule has 0 fully saturated rings. The van der Waals surface area contributed by atoms with Crippen LogP contribution in [0.1, 0.15) is 55.1 Å². The zero-order valence-electron chi connectivity index (χ0n) is 28.0. The number of anilines is 2. The maximum Gasteiger partial charge on any atom is 0.267 e. The largest absolute Gasteiger partial charge is 0.493 e. The van der Waals surface area contributed by atoms with Gasteiger partial charge < -0.3 is 24.7 Å². The number of amides is 2. The first-order valence-corrected chi connectivity index (χ1v) is 17.2. The van der Waals surface area contributed by atoms with Crippen molar-refractivity contribution in [2.75, 3.05) is 24.9 Å². The van der Waals surface area contributed by atoms with Crippen molar-refractivity contribution >= 4 is 50.5 Å². The van der Waals surface area contributed by atoms with E-state index in [9.17, 15) is 19.8 Å². The van der Waals surface area contributed by atoms with Gasteiger partial charge in [0.1, 0.15) is 21.8 Å². The molecule has 0 bridgehead atoms. The molecule has 4 heterocycles. The van der Waals surface area contributed by atoms with E-state index in [0.29, 0.717) is 45.5 Å². The highest BCUT2D eigenvalue weighted by atomic mass is 32.1. The quantitative estimate of drug-likeness (QED) is 0.156. The first kappa shape index (κ1) is 32.8. The summed E-state index contributed by atoms with van der Waals surface area (Å²) >= 11 is 1.40. The average molecular weight is 689 g/mol. The number of carbonyl (C=O) groups excluding carboxylic acids is 2. The first-order chi connectivity index (χ1) is 24.3. The predicted octanol–water partition coefficient (Wildman–Crippen LogP) is 6.14. The lowest BCUT2D eigenvalue weighted by Gasteiger charge is -2.16. The lowest BCUT2D eigenvalue weighted by Crippen LogP contribution is -2.33. The number of hydrogen-bond donors (Lipinski definition) is 3. The molecule has 7 rings (SSSR count). The number of nitrogens with zero attached hydrogens (tertiary/aromatic N) is 3. The number of aryl methyl sites for hydroxylation is 4. The molecular weight excluding hydrogens is 653 g/mol. The second kappa shape index (κ2) is 13.6. The maximum atomic E-state index is 14.2. The number of carbonyl (C=O) groups is 2. The Balaban J connectivity index is 1.32. The highest BCUT2D eigenvalue weighted by Crippen LogP contribution is 2.39. The van der Waals surface area contributed by atoms with E-state index in [-0.39, 0.29) is 34.4 Å². The van der Waals surface area contributed by atoms with E-state index >= 15 is 0 Å². The van der Waals surface area contributed by atoms with Crippen LogP contribution in [0.4, 0.5) is 10.7 Å². The number of ether oxygens (including phenoxy) is 2. The molecule has 3 N–H and O–H groups in total. The molecule has 0 saturated heterocycles. The molecule has 1 aliphatic carbocycles. The Morgan fingerprint density at radius 3 is 2.48 bits per heavy atom. The number of para-hydroxylation sites is 1. The number of rotatable bonds is 9. The van der Waals surface area contributed by atoms with E-state index in [1.54, 1.807) is 31.0 Å². The molecule has 11 nitrogen and oxygen atoms in total. The van der Waals surface area contributed by atoms with Crippen LogP contribution in [0.2, 0.25) is 0 Å². The summed E-state index contributed by atoms with van der Waals surface area (Å²) < 4.78 is 13.9. The van der Waals surface area contributed by atoms with E-state index in [1.807, 2.05) is 61.5 Å². The SMILES string of the molecule is COc1ccc(CCn2c(=N)c(C(=O)Nc3sc4c(c3C(=O)Nc3ccccc3)CCCC4)cc3c(=O)n4cccc(C)c4nc32)cc1OC. The van der Waals surface area contributed by atoms with Crippen LogP contribution in [0.3, 0.4) is 0 Å². The Morgan fingerprint density at radius 2 is 1.70 bits per heavy atom. The fourth-order valence-corrected chi connectivity index (χ4v) is 7.83. The number of hydrogen-bond acceptors (Lipinski definition) is 8. The molecule has 0 atom stereocenters. The second-order valence-corrected chi connectivity index (χ2v) is 13.3. The topological polar surface area (TPSA) is 140 Å². The van der Waals surface area contributed by atoms with Crippen LogP contribution in [-0.4, -0.2) is 40.0 Å². The van der Waals surface area contributed by atoms with Crippen LogP contribution in [-0.2, 0) is 25.8 Å². The first-order valence-electron chi connectivity index (χ1n) is 16.4. The second-order valence-electron chi connectivity index (χ2n) is 12.2. The van der Waals surface area contributed by atoms with Gasteiger partial charge in [-0.2, -0.15) is 0 Å². The van der Waals surface area contributed by atoms with E-state index in [1.165, 1.54) is 21.8 Å². The third-order valence-corrected chi connectivity index (χ3v) is 10.3. The standard InChI is InChI=1S/C38H36N6O5S/c1-22-10-9-18-44-33(22)41-34-27(38(44)47)21-26(32(39)43(34)19-17-23-15-16-28(48-2)29(20-23)49-3)35(45)42-37-31(25-13-7-8-14-30(25)50-37)36(46)40-24-11-5-4-6-12-24/h4-6,9-12,15-16,18,20-21,39H,7-8,13-14,17,19H2,1-3H3,(H,40,46)(H,42,45). The lowest BCUT2D eigenvalue weighted by molar-refractivity contribution is 0.102. The zero-order chi connectivity index (χ0) is 34.9. The Kier molecular flexibility index (Phi) is 8.94. The summed E-state index contributed by atoms with van der Waals surface area (Å²) in [5.41, 5.74) is 4.08. The normalized spacial score (nSPS) is 12.5. The van der Waals surface area contributed by atoms with E-state index in [0.717, 1.165) is 47.3 Å². The van der Waals surface area contributed by atoms with Gasteiger partial charge in [0.05, 0.1) is 30.7 Å². The average Bonchev–Trinajstić information content (AvgIpc) is 3.49. The van der Waals surface area contributed by atoms with E-state index < -0.39 is 5.91 Å². The van der Waals surface area contributed by atoms with Gasteiger partial charge in [-0.1, -0.05) is 30.3 Å². The molecule has 1 aliphatic rings. The van der Waals surface area contributed by atoms with Crippen molar-refractivity contribution in [3.63, 3.8) is 0 Å². The molecule has 6 aromatic rings. The number of thiophene rings is 1. The zero-order valence-corrected chi connectivity index (χ0v) is 28.8. The van der Waals surface area contributed by atoms with Gasteiger partial charge in [-0.25, -0.2) is 4.98 Å². The summed E-state index contributed by atoms with van der Waals surface area (Å²) in [6, 6.07) is 19.9. The third-order valence-electron chi connectivity index (χ3n) is 9.11. The summed E-state index contributed by atoms with van der Waals surface area (Å²) in [4.78, 5) is 47.8. The minimum absolute atomic E-state index is 0.00268. The van der Waals surface area contributed by atoms with Crippen molar-refractivity contribution in [2.24, 2.45) is 0 Å². The van der Waals surface area contributed by atoms with Crippen LogP contribution < -0.4 is 31.2 Å². The van der Waals surface area contributed by atoms with Crippen LogP contribution in [0.25, 0.3) is 16.7 Å². The Hall–Kier alpha value is -5.75. The number of benzene rings is 2. The molecule has 0 spiro atoms. The summed E-state index contributed by atoms with van der Waals surface area (Å²) in [5.74, 6) is 0.281. The lowest BCUT2D eigenvalue weighted by atomic mass is 9.95. The van der Waals surface area contributed by atoms with Crippen LogP contribution in [0.15, 0.2) is 77.7 Å². The van der Waals surface area contributed by atoms with Gasteiger partial charge >= 0.3 is 0 Å². The molecule has 2 amide bonds. The Bertz CT molecular complexity index is 2410. The van der Waals surface area contributed by atoms with Crippen molar-refractivity contribution in [2.45, 2.75) is 45.6 Å². The van der Waals surface area contributed by atoms with Gasteiger partial charge in [0.2, 0.25) is 0 Å². The fraction of sp³-hybridized carbons (Fsp3) is 0.237. The summed E-state index contributed by atoms with van der Waals surface area (Å²) in [5, 5.41) is 15.9. The molecule has 0 radical (unpaired) electrons. The summed E-state index contributed by atoms with van der Waals surface area (Å²) in [7, 11) is 3.14. The van der Waals surface area contributed by atoms with Crippen LogP contribution in [0, 0.1) is 12.3 Å². The van der Waals surface area contributed by atoms with Gasteiger partial charge in [0, 0.05) is 23.3 Å². The molecule has 4 aromatic heterocycles. The Labute approximate surface area is 291 Å². The van der Waals surface area contributed by atoms with E-state index in [2.05, 4.69) is 10.6 Å². The smallest absolute Gasteiger partial charge is 0.267 e. The molecule has 12 heteroatoms. The van der Waals surface area contributed by atoms with E-state index in [4.69, 9.17) is 14.5 Å². The van der Waals surface area contributed by atoms with Crippen LogP contribution in [0.5, 0.6) is 11.5 Å². The van der Waals surface area contributed by atoms with Crippen molar-refractivity contribution in [1.82, 2.24) is 14.0 Å². The highest BCUT2D eigenvalue weighted by molar-refractivity contribution is 7.17. The monoisotopic (exact) mass is 688 g/mol. The Morgan fingerprint density at radius 1 is 0.920 bits per heavy atom. The van der Waals surface area contributed by atoms with Crippen molar-refractivity contribution in [3.8, 4) is 11.5 Å². The number of fused-ring (bicyclic) bond motifs is 3. The van der Waals surface area contributed by atoms with Gasteiger partial charge in [0.15, 0.2) is 11.5 Å². The molecule has 0 aliphatic heterocycles. The molecule has 254 valence electrons. The molecule has 2 aromatic carbocycles. The number of aromatic nitrogens is 3. The van der Waals surface area contributed by atoms with Gasteiger partial charge in [-0.05, 0) is 92.1 Å². The fourth-order valence-electron chi connectivity index (χ4n) is 6.54. The predicted molar refractivity (Wildman–Crippen MR) is 194 cm³/mol. The number of nitrogens with one attached hydrogen (secondary N) is 3. The van der Waals surface area contributed by atoms with Crippen molar-refractivity contribution in [1.29, 1.82) is 5.41 Å². The van der Waals surface area contributed by atoms with Crippen LogP contribution >= 0.6 is 11.3 Å². The summed E-state index contributed by atoms with van der Waals surface area (Å²) in [6.07, 6.45) is 5.62. The molecular formula is C38H36N6O5S. The minimum atomic E-state index is -0.585. The molecule has 0 saturated carbocycles. The summed E-state index contributed by atoms with van der Waals surface area (Å²) in [6.45, 7) is 2.12. The van der Waals surface area contributed by atoms with Crippen molar-refractivity contribution in [3.05, 3.63) is 121 Å². The van der Waals surface area contributed by atoms with Crippen molar-refractivity contribution < 1.29 is 19.1 Å². The van der Waals surface area contributed by atoms with Gasteiger partial charge in [-0.3, -0.25) is 24.2 Å². The van der Waals surface area contributed by atoms with Gasteiger partial charge in [-0.15, -0.1) is 11.3 Å². The molecule has 50 heavy (non-hydrogen) atoms. The van der Waals surface area contributed by atoms with Gasteiger partial charge in [0.25, 0.3) is 17.4 Å². The molecule has 0 unspecified atom stereocenters. The minimum Gasteiger partial charge on any atom is -0.493 e. The highest BCUT2D eigenvalue weighted by Gasteiger charge is 2.28. The number of methoxy groups -OCH3 is 2. The number of pyridine rings is 2.